The first-order valence-electron chi connectivity index (χ1n) is 31.1. The summed E-state index contributed by atoms with van der Waals surface area (Å²) in [5.74, 6) is -3.61. The van der Waals surface area contributed by atoms with E-state index >= 15 is 0 Å². The number of nitrogens with zero attached hydrogens (tertiary/aromatic N) is 5. The van der Waals surface area contributed by atoms with Crippen molar-refractivity contribution in [3.05, 3.63) is 131 Å². The van der Waals surface area contributed by atoms with Crippen LogP contribution in [0.4, 0.5) is 36.2 Å². The summed E-state index contributed by atoms with van der Waals surface area (Å²) in [6.45, 7) is 6.88. The SMILES string of the molecule is Cc1cccc2c(OC(=O)N(C)CCN(C)C(=O)OCc3ccc(NC(=O)[C@H](CCCNC(N)=O)CC(=O)[C@@H](NC(=O)OCCOCCOCCOCCN4C(=O)C=CC4=O)C(C)C)cc3)cc3c(c12)[C@H](CCl)CN3C(=O)c1cc2cc(NC(=O)c3ccc(O)cc3)cnc2[nH]1. The van der Waals surface area contributed by atoms with Crippen molar-refractivity contribution in [3.63, 3.8) is 0 Å². The number of urea groups is 1. The molecule has 0 saturated carbocycles. The predicted octanol–water partition coefficient (Wildman–Crippen LogP) is 7.35. The number of ether oxygens (including phenoxy) is 6. The molecule has 2 aromatic heterocycles. The van der Waals surface area contributed by atoms with Crippen molar-refractivity contribution >= 4 is 110 Å². The number of carbonyl (C=O) groups excluding carboxylic acids is 10. The molecule has 3 atom stereocenters. The zero-order chi connectivity index (χ0) is 69.0. The van der Waals surface area contributed by atoms with Crippen LogP contribution in [0.2, 0.25) is 0 Å². The quantitative estimate of drug-likeness (QED) is 0.0120. The Labute approximate surface area is 558 Å². The molecule has 0 aliphatic carbocycles. The van der Waals surface area contributed by atoms with E-state index in [4.69, 9.17) is 45.8 Å². The molecule has 28 nitrogen and oxygen atoms in total. The highest BCUT2D eigenvalue weighted by Crippen LogP contribution is 2.47. The van der Waals surface area contributed by atoms with E-state index in [2.05, 4.69) is 31.2 Å². The number of phenols is 1. The lowest BCUT2D eigenvalue weighted by Gasteiger charge is -2.24. The molecule has 0 bridgehead atoms. The number of phenolic OH excluding ortho intramolecular Hbond substituents is 1. The van der Waals surface area contributed by atoms with Crippen LogP contribution < -0.4 is 36.6 Å². The number of benzene rings is 4. The van der Waals surface area contributed by atoms with Gasteiger partial charge in [-0.2, -0.15) is 0 Å². The molecule has 96 heavy (non-hydrogen) atoms. The van der Waals surface area contributed by atoms with Crippen LogP contribution in [0.15, 0.2) is 103 Å². The number of pyridine rings is 1. The second-order valence-corrected chi connectivity index (χ2v) is 23.5. The lowest BCUT2D eigenvalue weighted by molar-refractivity contribution is -0.137. The molecule has 0 saturated heterocycles. The van der Waals surface area contributed by atoms with Crippen molar-refractivity contribution in [1.82, 2.24) is 35.3 Å². The maximum Gasteiger partial charge on any atom is 0.415 e. The van der Waals surface area contributed by atoms with E-state index in [1.165, 1.54) is 66.5 Å². The summed E-state index contributed by atoms with van der Waals surface area (Å²) in [6, 6.07) is 21.1. The van der Waals surface area contributed by atoms with Crippen molar-refractivity contribution in [2.75, 3.05) is 114 Å². The van der Waals surface area contributed by atoms with E-state index in [0.29, 0.717) is 51.0 Å². The van der Waals surface area contributed by atoms with Gasteiger partial charge < -0.3 is 80.2 Å². The minimum atomic E-state index is -1.01. The normalized spacial score (nSPS) is 13.9. The van der Waals surface area contributed by atoms with Crippen LogP contribution in [0.5, 0.6) is 11.5 Å². The van der Waals surface area contributed by atoms with E-state index in [1.54, 1.807) is 61.2 Å². The Hall–Kier alpha value is -10.2. The van der Waals surface area contributed by atoms with E-state index in [9.17, 15) is 53.1 Å². The van der Waals surface area contributed by atoms with Crippen LogP contribution in [-0.2, 0) is 49.5 Å². The van der Waals surface area contributed by atoms with Gasteiger partial charge in [0.05, 0.1) is 69.8 Å². The number of halogens is 1. The zero-order valence-corrected chi connectivity index (χ0v) is 54.6. The number of ketones is 1. The standard InChI is InChI=1S/C67H78ClN11O17/c1-40(2)59(75-65(88)94-31-30-93-29-28-92-27-26-91-25-24-78-55(82)19-20-56(78)83)53(81)34-44(9-7-21-70-64(69)87)62(85)72-47-15-11-42(12-16-47)39-95-66(89)76(4)22-23-77(5)67(90)96-54-35-52-58(57-41(3)8-6-10-50(54)57)46(36-68)38-79(52)63(86)51-33-45-32-48(37-71-60(45)74-51)73-61(84)43-13-17-49(80)18-14-43/h6,8,10-20,32-33,35,37,40,44,46,59,80H,7,9,21-31,34,36,38-39H2,1-5H3,(H,71,74)(H,72,85)(H,73,84)(H,75,88)(H3,69,70,87)/t44-,46-,59+/m1/s1. The smallest absolute Gasteiger partial charge is 0.415 e. The summed E-state index contributed by atoms with van der Waals surface area (Å²) < 4.78 is 33.2. The molecule has 0 spiro atoms. The Morgan fingerprint density at radius 2 is 1.47 bits per heavy atom. The highest BCUT2D eigenvalue weighted by molar-refractivity contribution is 6.19. The Morgan fingerprint density at radius 1 is 0.802 bits per heavy atom. The number of imide groups is 1. The fourth-order valence-corrected chi connectivity index (χ4v) is 10.9. The number of nitrogens with one attached hydrogen (secondary N) is 5. The summed E-state index contributed by atoms with van der Waals surface area (Å²) in [6.07, 6.45) is 1.82. The van der Waals surface area contributed by atoms with Crippen LogP contribution in [0.25, 0.3) is 21.8 Å². The summed E-state index contributed by atoms with van der Waals surface area (Å²) >= 11 is 6.61. The number of aromatic amines is 1. The summed E-state index contributed by atoms with van der Waals surface area (Å²) in [5.41, 5.74) is 9.76. The van der Waals surface area contributed by atoms with Gasteiger partial charge in [0.1, 0.15) is 36.1 Å². The molecule has 8 rings (SSSR count). The molecule has 29 heteroatoms. The van der Waals surface area contributed by atoms with Gasteiger partial charge in [0.2, 0.25) is 5.91 Å². The number of rotatable bonds is 33. The molecule has 6 aromatic rings. The maximum absolute atomic E-state index is 14.5. The number of alkyl halides is 1. The molecule has 0 radical (unpaired) electrons. The van der Waals surface area contributed by atoms with Crippen molar-refractivity contribution in [2.24, 2.45) is 17.6 Å². The largest absolute Gasteiger partial charge is 0.508 e. The van der Waals surface area contributed by atoms with Gasteiger partial charge in [0, 0.05) is 105 Å². The van der Waals surface area contributed by atoms with Gasteiger partial charge in [-0.1, -0.05) is 44.2 Å². The van der Waals surface area contributed by atoms with E-state index in [1.807, 2.05) is 25.1 Å². The van der Waals surface area contributed by atoms with Gasteiger partial charge >= 0.3 is 24.3 Å². The number of aryl methyl sites for hydroxylation is 1. The lowest BCUT2D eigenvalue weighted by Crippen LogP contribution is -2.46. The monoisotopic (exact) mass is 1340 g/mol. The highest BCUT2D eigenvalue weighted by atomic mass is 35.5. The number of H-pyrrole nitrogens is 1. The fourth-order valence-electron chi connectivity index (χ4n) is 10.7. The van der Waals surface area contributed by atoms with Crippen molar-refractivity contribution in [3.8, 4) is 11.5 Å². The minimum Gasteiger partial charge on any atom is -0.508 e. The number of fused-ring (bicyclic) bond motifs is 4. The van der Waals surface area contributed by atoms with Gasteiger partial charge in [-0.15, -0.1) is 11.6 Å². The van der Waals surface area contributed by atoms with Crippen molar-refractivity contribution in [2.45, 2.75) is 58.6 Å². The molecule has 0 unspecified atom stereocenters. The molecule has 4 aromatic carbocycles. The molecular formula is C67H78ClN11O17. The first-order chi connectivity index (χ1) is 46.1. The molecular weight excluding hydrogens is 1270 g/mol. The summed E-state index contributed by atoms with van der Waals surface area (Å²) in [7, 11) is 3.04. The van der Waals surface area contributed by atoms with Crippen LogP contribution in [0.1, 0.15) is 76.6 Å². The number of likely N-dealkylation sites (N-methyl/N-ethyl adjacent to an activating group) is 2. The molecule has 4 heterocycles. The van der Waals surface area contributed by atoms with Gasteiger partial charge in [-0.3, -0.25) is 33.7 Å². The number of carbonyl (C=O) groups is 10. The Bertz CT molecular complexity index is 3830. The minimum absolute atomic E-state index is 0.0248. The van der Waals surface area contributed by atoms with Gasteiger partial charge in [0.25, 0.3) is 23.6 Å². The van der Waals surface area contributed by atoms with E-state index < -0.39 is 59.8 Å². The van der Waals surface area contributed by atoms with Crippen molar-refractivity contribution in [1.29, 1.82) is 0 Å². The molecule has 8 N–H and O–H groups in total. The molecule has 2 aliphatic rings. The zero-order valence-electron chi connectivity index (χ0n) is 53.8. The number of nitrogens with two attached hydrogens (primary N) is 1. The Balaban J connectivity index is 0.786. The number of primary amides is 1. The average molecular weight is 1340 g/mol. The van der Waals surface area contributed by atoms with E-state index in [0.717, 1.165) is 21.4 Å². The summed E-state index contributed by atoms with van der Waals surface area (Å²) in [5, 5.41) is 22.3. The molecule has 2 aliphatic heterocycles. The average Bonchev–Trinajstić information content (AvgIpc) is 1.69. The third-order valence-electron chi connectivity index (χ3n) is 15.8. The number of aromatic hydroxyl groups is 1. The third-order valence-corrected chi connectivity index (χ3v) is 16.2. The van der Waals surface area contributed by atoms with E-state index in [-0.39, 0.29) is 145 Å². The summed E-state index contributed by atoms with van der Waals surface area (Å²) in [4.78, 5) is 142. The first-order valence-corrected chi connectivity index (χ1v) is 31.6. The first kappa shape index (κ1) is 71.7. The predicted molar refractivity (Wildman–Crippen MR) is 354 cm³/mol. The fraction of sp³-hybridized carbons (Fsp3) is 0.388. The molecule has 510 valence electrons. The number of anilines is 3. The molecule has 10 amide bonds. The number of amides is 10. The number of Topliss-reactive ketones (excluding diaryl/α,β-unsaturated/α-hetero) is 1. The lowest BCUT2D eigenvalue weighted by atomic mass is 9.89. The maximum atomic E-state index is 14.5. The third kappa shape index (κ3) is 19.5. The van der Waals surface area contributed by atoms with Crippen LogP contribution in [0.3, 0.4) is 0 Å². The van der Waals surface area contributed by atoms with Crippen LogP contribution in [-0.4, -0.2) is 194 Å². The number of hydrogen-bond donors (Lipinski definition) is 7. The number of hydrogen-bond acceptors (Lipinski definition) is 18. The molecule has 0 fully saturated rings. The van der Waals surface area contributed by atoms with Gasteiger partial charge in [0.15, 0.2) is 5.78 Å². The van der Waals surface area contributed by atoms with Crippen LogP contribution >= 0.6 is 11.6 Å². The van der Waals surface area contributed by atoms with Gasteiger partial charge in [-0.05, 0) is 96.3 Å². The van der Waals surface area contributed by atoms with Crippen LogP contribution in [0, 0.1) is 18.8 Å². The van der Waals surface area contributed by atoms with Crippen molar-refractivity contribution < 1.29 is 81.5 Å². The topological polar surface area (TPSA) is 362 Å². The second kappa shape index (κ2) is 34.3. The Kier molecular flexibility index (Phi) is 25.6. The second-order valence-electron chi connectivity index (χ2n) is 23.2. The number of alkyl carbamates (subject to hydrolysis) is 1. The number of aromatic nitrogens is 2. The Morgan fingerprint density at radius 3 is 2.14 bits per heavy atom. The van der Waals surface area contributed by atoms with Gasteiger partial charge in [-0.25, -0.2) is 24.2 Å². The highest BCUT2D eigenvalue weighted by Gasteiger charge is 2.37.